The van der Waals surface area contributed by atoms with Crippen molar-refractivity contribution in [2.24, 2.45) is 0 Å². The molecule has 0 saturated carbocycles. The van der Waals surface area contributed by atoms with Crippen LogP contribution in [-0.4, -0.2) is 177 Å². The number of phenols is 4. The average Bonchev–Trinajstić information content (AvgIpc) is 3.15. The Labute approximate surface area is 307 Å². The minimum absolute atomic E-state index is 0.350. The highest BCUT2D eigenvalue weighted by Gasteiger charge is 2.51. The van der Waals surface area contributed by atoms with E-state index in [4.69, 9.17) is 32.8 Å². The first-order valence-electron chi connectivity index (χ1n) is 16.7. The third kappa shape index (κ3) is 7.45. The fraction of sp³-hybridized carbons (Fsp3) is 0.545. The first-order chi connectivity index (χ1) is 26.0. The van der Waals surface area contributed by atoms with Crippen LogP contribution in [0.3, 0.4) is 0 Å². The molecule has 22 nitrogen and oxygen atoms in total. The molecule has 3 saturated heterocycles. The number of rotatable bonds is 9. The number of fused-ring (bicyclic) bond motifs is 1. The maximum atomic E-state index is 14.2. The summed E-state index contributed by atoms with van der Waals surface area (Å²) in [4.78, 5) is 14.2. The van der Waals surface area contributed by atoms with Gasteiger partial charge in [-0.25, -0.2) is 0 Å². The van der Waals surface area contributed by atoms with Gasteiger partial charge in [0.15, 0.2) is 35.4 Å². The second-order valence-electron chi connectivity index (χ2n) is 13.2. The van der Waals surface area contributed by atoms with Crippen LogP contribution < -0.4 is 14.9 Å². The van der Waals surface area contributed by atoms with Crippen molar-refractivity contribution in [2.75, 3.05) is 13.2 Å². The molecule has 0 spiro atoms. The Bertz CT molecular complexity index is 1880. The van der Waals surface area contributed by atoms with Gasteiger partial charge in [0.25, 0.3) is 0 Å². The predicted octanol–water partition coefficient (Wildman–Crippen LogP) is -4.51. The second kappa shape index (κ2) is 15.8. The van der Waals surface area contributed by atoms with Crippen molar-refractivity contribution in [1.82, 2.24) is 0 Å². The second-order valence-corrected chi connectivity index (χ2v) is 13.2. The normalized spacial score (nSPS) is 36.8. The molecule has 3 aromatic rings. The molecule has 3 fully saturated rings. The van der Waals surface area contributed by atoms with Crippen molar-refractivity contribution in [3.63, 3.8) is 0 Å². The monoisotopic (exact) mass is 788 g/mol. The standard InChI is InChI=1S/C33H40O22/c1-8-18(39)25(46)30(55-32-27(48)24(45)21(42)16(7-35)53-32)33(49-8)54-29-22(43)17-11(36)4-10(50-31-26(47)23(44)20(41)15(6-34)52-31)5-14(17)51-28(29)9-2-12(37)19(40)13(38)3-9/h2-5,8,15-16,18,20-21,23-27,30-42,44-48H,6-7H2,1H3/t8-,15-,16-,18-,20+,21+,23-,24-,25+,26-,27+,30-,31+,32-,33-/m0/s1. The summed E-state index contributed by atoms with van der Waals surface area (Å²) in [5.74, 6) is -5.48. The van der Waals surface area contributed by atoms with E-state index in [9.17, 15) is 76.3 Å². The number of phenolic OH excluding ortho intramolecular Hbond substituents is 4. The van der Waals surface area contributed by atoms with Gasteiger partial charge in [0.1, 0.15) is 83.5 Å². The third-order valence-electron chi connectivity index (χ3n) is 9.50. The first-order valence-corrected chi connectivity index (χ1v) is 16.7. The Morgan fingerprint density at radius 2 is 1.18 bits per heavy atom. The van der Waals surface area contributed by atoms with Gasteiger partial charge in [-0.1, -0.05) is 0 Å². The number of ether oxygens (including phenoxy) is 6. The summed E-state index contributed by atoms with van der Waals surface area (Å²) in [6.45, 7) is -0.327. The highest BCUT2D eigenvalue weighted by Crippen LogP contribution is 2.44. The van der Waals surface area contributed by atoms with Crippen LogP contribution in [0.15, 0.2) is 33.5 Å². The molecular formula is C33H40O22. The molecule has 0 radical (unpaired) electrons. The molecule has 304 valence electrons. The Kier molecular flexibility index (Phi) is 11.6. The highest BCUT2D eigenvalue weighted by molar-refractivity contribution is 5.88. The molecule has 0 bridgehead atoms. The van der Waals surface area contributed by atoms with Gasteiger partial charge in [-0.3, -0.25) is 4.79 Å². The number of benzene rings is 2. The van der Waals surface area contributed by atoms with Gasteiger partial charge in [-0.2, -0.15) is 0 Å². The highest BCUT2D eigenvalue weighted by atomic mass is 16.8. The summed E-state index contributed by atoms with van der Waals surface area (Å²) in [6.07, 6.45) is -26.3. The minimum atomic E-state index is -2.00. The lowest BCUT2D eigenvalue weighted by molar-refractivity contribution is -0.355. The lowest BCUT2D eigenvalue weighted by Crippen LogP contribution is -2.64. The van der Waals surface area contributed by atoms with E-state index in [1.807, 2.05) is 0 Å². The fourth-order valence-corrected chi connectivity index (χ4v) is 6.35. The van der Waals surface area contributed by atoms with Crippen LogP contribution in [0.1, 0.15) is 6.92 Å². The van der Waals surface area contributed by atoms with Gasteiger partial charge < -0.3 is 104 Å². The summed E-state index contributed by atoms with van der Waals surface area (Å²) in [6, 6.07) is 3.55. The Morgan fingerprint density at radius 3 is 1.76 bits per heavy atom. The molecule has 3 aliphatic rings. The maximum Gasteiger partial charge on any atom is 0.239 e. The smallest absolute Gasteiger partial charge is 0.239 e. The van der Waals surface area contributed by atoms with E-state index in [1.165, 1.54) is 6.92 Å². The summed E-state index contributed by atoms with van der Waals surface area (Å²) < 4.78 is 39.5. The summed E-state index contributed by atoms with van der Waals surface area (Å²) >= 11 is 0. The molecule has 15 atom stereocenters. The van der Waals surface area contributed by atoms with Crippen molar-refractivity contribution < 1.29 is 104 Å². The Hall–Kier alpha value is -4.11. The van der Waals surface area contributed by atoms with Gasteiger partial charge in [-0.05, 0) is 19.1 Å². The molecule has 55 heavy (non-hydrogen) atoms. The van der Waals surface area contributed by atoms with Gasteiger partial charge >= 0.3 is 0 Å². The van der Waals surface area contributed by atoms with Crippen LogP contribution >= 0.6 is 0 Å². The van der Waals surface area contributed by atoms with Crippen molar-refractivity contribution in [3.8, 4) is 45.8 Å². The van der Waals surface area contributed by atoms with Crippen LogP contribution in [0.4, 0.5) is 0 Å². The zero-order valence-corrected chi connectivity index (χ0v) is 28.4. The van der Waals surface area contributed by atoms with Crippen LogP contribution in [-0.2, 0) is 18.9 Å². The molecule has 0 unspecified atom stereocenters. The SMILES string of the molecule is C[C@@H]1O[C@@H](Oc2c(-c3cc(O)c(O)c(O)c3)oc3cc(O[C@@H]4O[C@@H](CO)[C@@H](O)[C@H](O)[C@@H]4O)cc(O)c3c2=O)[C@@H](O[C@@H]2O[C@@H](CO)[C@@H](O)[C@H](O)[C@H]2O)[C@H](O)[C@H]1O. The van der Waals surface area contributed by atoms with Crippen molar-refractivity contribution in [2.45, 2.75) is 99.0 Å². The Balaban J connectivity index is 1.44. The van der Waals surface area contributed by atoms with Gasteiger partial charge in [-0.15, -0.1) is 0 Å². The molecule has 4 heterocycles. The molecule has 0 amide bonds. The van der Waals surface area contributed by atoms with Crippen LogP contribution in [0.5, 0.6) is 34.5 Å². The van der Waals surface area contributed by atoms with Gasteiger partial charge in [0.05, 0.1) is 19.3 Å². The van der Waals surface area contributed by atoms with E-state index in [0.717, 1.165) is 24.3 Å². The number of aliphatic hydroxyl groups is 10. The molecule has 14 N–H and O–H groups in total. The topological polar surface area (TPSA) is 369 Å². The van der Waals surface area contributed by atoms with E-state index in [1.54, 1.807) is 0 Å². The maximum absolute atomic E-state index is 14.2. The molecule has 3 aliphatic heterocycles. The summed E-state index contributed by atoms with van der Waals surface area (Å²) in [5, 5.41) is 144. The molecular weight excluding hydrogens is 748 g/mol. The van der Waals surface area contributed by atoms with E-state index in [0.29, 0.717) is 0 Å². The molecule has 22 heteroatoms. The van der Waals surface area contributed by atoms with Gasteiger partial charge in [0.2, 0.25) is 23.8 Å². The number of aromatic hydroxyl groups is 4. The number of hydrogen-bond donors (Lipinski definition) is 14. The van der Waals surface area contributed by atoms with Crippen LogP contribution in [0.2, 0.25) is 0 Å². The van der Waals surface area contributed by atoms with Crippen molar-refractivity contribution >= 4 is 11.0 Å². The Morgan fingerprint density at radius 1 is 0.618 bits per heavy atom. The van der Waals surface area contributed by atoms with Crippen molar-refractivity contribution in [1.29, 1.82) is 0 Å². The largest absolute Gasteiger partial charge is 0.507 e. The van der Waals surface area contributed by atoms with E-state index in [2.05, 4.69) is 0 Å². The first kappa shape index (κ1) is 40.6. The number of hydrogen-bond acceptors (Lipinski definition) is 22. The summed E-state index contributed by atoms with van der Waals surface area (Å²) in [5.41, 5.74) is -2.03. The average molecular weight is 789 g/mol. The van der Waals surface area contributed by atoms with Crippen LogP contribution in [0.25, 0.3) is 22.3 Å². The van der Waals surface area contributed by atoms with E-state index in [-0.39, 0.29) is 11.3 Å². The molecule has 1 aromatic heterocycles. The quantitative estimate of drug-likeness (QED) is 0.0908. The summed E-state index contributed by atoms with van der Waals surface area (Å²) in [7, 11) is 0. The molecule has 6 rings (SSSR count). The lowest BCUT2D eigenvalue weighted by Gasteiger charge is -2.45. The molecule has 0 aliphatic carbocycles. The fourth-order valence-electron chi connectivity index (χ4n) is 6.35. The van der Waals surface area contributed by atoms with E-state index >= 15 is 0 Å². The zero-order chi connectivity index (χ0) is 40.2. The van der Waals surface area contributed by atoms with E-state index < -0.39 is 156 Å². The van der Waals surface area contributed by atoms with Crippen molar-refractivity contribution in [3.05, 3.63) is 34.5 Å². The predicted molar refractivity (Wildman–Crippen MR) is 175 cm³/mol. The minimum Gasteiger partial charge on any atom is -0.507 e. The van der Waals surface area contributed by atoms with Crippen LogP contribution in [0, 0.1) is 0 Å². The zero-order valence-electron chi connectivity index (χ0n) is 28.4. The molecule has 2 aromatic carbocycles. The lowest BCUT2D eigenvalue weighted by atomic mass is 9.97. The third-order valence-corrected chi connectivity index (χ3v) is 9.50. The van der Waals surface area contributed by atoms with Gasteiger partial charge in [0, 0.05) is 17.7 Å². The number of aliphatic hydroxyl groups excluding tert-OH is 10.